The van der Waals surface area contributed by atoms with Gasteiger partial charge in [0, 0.05) is 0 Å². The third-order valence-corrected chi connectivity index (χ3v) is 1.85. The van der Waals surface area contributed by atoms with Crippen molar-refractivity contribution in [2.45, 2.75) is 26.2 Å². The van der Waals surface area contributed by atoms with Gasteiger partial charge in [0.05, 0.1) is 0 Å². The van der Waals surface area contributed by atoms with Gasteiger partial charge in [0.25, 0.3) is 0 Å². The molecular formula is C8H15N. The van der Waals surface area contributed by atoms with Crippen molar-refractivity contribution in [1.82, 2.24) is 0 Å². The van der Waals surface area contributed by atoms with E-state index in [1.807, 2.05) is 0 Å². The van der Waals surface area contributed by atoms with E-state index in [9.17, 15) is 0 Å². The van der Waals surface area contributed by atoms with E-state index in [0.29, 0.717) is 0 Å². The fourth-order valence-electron chi connectivity index (χ4n) is 1.02. The summed E-state index contributed by atoms with van der Waals surface area (Å²) in [6.07, 6.45) is 6.15. The maximum absolute atomic E-state index is 5.35. The predicted octanol–water partition coefficient (Wildman–Crippen LogP) is 1.69. The quantitative estimate of drug-likeness (QED) is 0.571. The molecule has 1 aliphatic rings. The third-order valence-electron chi connectivity index (χ3n) is 1.85. The van der Waals surface area contributed by atoms with E-state index in [-0.39, 0.29) is 0 Å². The second-order valence-electron chi connectivity index (χ2n) is 2.80. The van der Waals surface area contributed by atoms with Crippen LogP contribution in [0.2, 0.25) is 0 Å². The molecule has 0 radical (unpaired) electrons. The fourth-order valence-corrected chi connectivity index (χ4v) is 1.02. The standard InChI is InChI=1S/C8H15N/c1-7(3-2-6-9)8-4-5-8/h3,8H,2,4-6,9H2,1H3. The van der Waals surface area contributed by atoms with Crippen LogP contribution in [0.25, 0.3) is 0 Å². The summed E-state index contributed by atoms with van der Waals surface area (Å²) in [7, 11) is 0. The highest BCUT2D eigenvalue weighted by molar-refractivity contribution is 5.09. The van der Waals surface area contributed by atoms with Crippen molar-refractivity contribution in [2.24, 2.45) is 11.7 Å². The van der Waals surface area contributed by atoms with Gasteiger partial charge in [-0.3, -0.25) is 0 Å². The van der Waals surface area contributed by atoms with Gasteiger partial charge in [-0.15, -0.1) is 0 Å². The molecule has 9 heavy (non-hydrogen) atoms. The highest BCUT2D eigenvalue weighted by Crippen LogP contribution is 2.35. The maximum Gasteiger partial charge on any atom is -0.00425 e. The number of rotatable bonds is 3. The zero-order valence-corrected chi connectivity index (χ0v) is 6.06. The number of hydrogen-bond donors (Lipinski definition) is 1. The van der Waals surface area contributed by atoms with Crippen LogP contribution in [0.5, 0.6) is 0 Å². The van der Waals surface area contributed by atoms with Crippen molar-refractivity contribution in [3.05, 3.63) is 11.6 Å². The first-order valence-corrected chi connectivity index (χ1v) is 3.71. The Kier molecular flexibility index (Phi) is 2.29. The minimum absolute atomic E-state index is 0.796. The van der Waals surface area contributed by atoms with E-state index in [1.165, 1.54) is 12.8 Å². The van der Waals surface area contributed by atoms with Crippen molar-refractivity contribution in [3.63, 3.8) is 0 Å². The monoisotopic (exact) mass is 125 g/mol. The van der Waals surface area contributed by atoms with Crippen LogP contribution in [0.15, 0.2) is 11.6 Å². The lowest BCUT2D eigenvalue weighted by atomic mass is 10.1. The zero-order valence-electron chi connectivity index (χ0n) is 6.06. The van der Waals surface area contributed by atoms with Gasteiger partial charge in [-0.25, -0.2) is 0 Å². The number of allylic oxidation sites excluding steroid dienone is 1. The Balaban J connectivity index is 2.20. The molecular weight excluding hydrogens is 110 g/mol. The van der Waals surface area contributed by atoms with Gasteiger partial charge in [-0.1, -0.05) is 11.6 Å². The SMILES string of the molecule is CC(=CCCN)C1CC1. The van der Waals surface area contributed by atoms with Gasteiger partial charge in [0.2, 0.25) is 0 Å². The second kappa shape index (κ2) is 3.02. The molecule has 1 rings (SSSR count). The van der Waals surface area contributed by atoms with Crippen LogP contribution in [-0.2, 0) is 0 Å². The van der Waals surface area contributed by atoms with Crippen LogP contribution >= 0.6 is 0 Å². The minimum atomic E-state index is 0.796. The molecule has 0 unspecified atom stereocenters. The Morgan fingerprint density at radius 1 is 1.67 bits per heavy atom. The van der Waals surface area contributed by atoms with Crippen molar-refractivity contribution in [3.8, 4) is 0 Å². The first kappa shape index (κ1) is 6.81. The summed E-state index contributed by atoms with van der Waals surface area (Å²) in [6.45, 7) is 3.01. The molecule has 1 saturated carbocycles. The smallest absolute Gasteiger partial charge is 0.00425 e. The molecule has 0 aromatic carbocycles. The molecule has 1 aliphatic carbocycles. The Morgan fingerprint density at radius 2 is 2.33 bits per heavy atom. The van der Waals surface area contributed by atoms with Crippen LogP contribution in [-0.4, -0.2) is 6.54 Å². The fraction of sp³-hybridized carbons (Fsp3) is 0.750. The summed E-state index contributed by atoms with van der Waals surface area (Å²) in [6, 6.07) is 0. The van der Waals surface area contributed by atoms with Gasteiger partial charge < -0.3 is 5.73 Å². The Hall–Kier alpha value is -0.300. The summed E-state index contributed by atoms with van der Waals surface area (Å²) in [4.78, 5) is 0. The summed E-state index contributed by atoms with van der Waals surface area (Å²) in [5.74, 6) is 0.927. The summed E-state index contributed by atoms with van der Waals surface area (Å²) < 4.78 is 0. The molecule has 0 aromatic heterocycles. The zero-order chi connectivity index (χ0) is 6.69. The molecule has 1 fully saturated rings. The van der Waals surface area contributed by atoms with Crippen molar-refractivity contribution in [1.29, 1.82) is 0 Å². The average molecular weight is 125 g/mol. The van der Waals surface area contributed by atoms with Crippen molar-refractivity contribution in [2.75, 3.05) is 6.54 Å². The normalized spacial score (nSPS) is 20.4. The first-order chi connectivity index (χ1) is 4.34. The molecule has 0 atom stereocenters. The van der Waals surface area contributed by atoms with Gasteiger partial charge >= 0.3 is 0 Å². The Morgan fingerprint density at radius 3 is 2.78 bits per heavy atom. The topological polar surface area (TPSA) is 26.0 Å². The van der Waals surface area contributed by atoms with Gasteiger partial charge in [0.1, 0.15) is 0 Å². The molecule has 0 saturated heterocycles. The highest BCUT2D eigenvalue weighted by Gasteiger charge is 2.22. The summed E-state index contributed by atoms with van der Waals surface area (Å²) in [5, 5.41) is 0. The molecule has 2 N–H and O–H groups in total. The van der Waals surface area contributed by atoms with Crippen LogP contribution < -0.4 is 5.73 Å². The van der Waals surface area contributed by atoms with E-state index in [4.69, 9.17) is 5.73 Å². The highest BCUT2D eigenvalue weighted by atomic mass is 14.5. The second-order valence-corrected chi connectivity index (χ2v) is 2.80. The molecule has 0 heterocycles. The lowest BCUT2D eigenvalue weighted by Gasteiger charge is -1.93. The lowest BCUT2D eigenvalue weighted by Crippen LogP contribution is -1.96. The average Bonchev–Trinajstić information content (AvgIpc) is 2.63. The van der Waals surface area contributed by atoms with Crippen LogP contribution in [0.3, 0.4) is 0 Å². The van der Waals surface area contributed by atoms with E-state index in [0.717, 1.165) is 18.9 Å². The molecule has 0 amide bonds. The maximum atomic E-state index is 5.35. The molecule has 0 aromatic rings. The van der Waals surface area contributed by atoms with E-state index >= 15 is 0 Å². The van der Waals surface area contributed by atoms with Crippen LogP contribution in [0.4, 0.5) is 0 Å². The van der Waals surface area contributed by atoms with Crippen LogP contribution in [0, 0.1) is 5.92 Å². The summed E-state index contributed by atoms with van der Waals surface area (Å²) >= 11 is 0. The lowest BCUT2D eigenvalue weighted by molar-refractivity contribution is 0.941. The van der Waals surface area contributed by atoms with Crippen LogP contribution in [0.1, 0.15) is 26.2 Å². The number of hydrogen-bond acceptors (Lipinski definition) is 1. The largest absolute Gasteiger partial charge is 0.330 e. The Labute approximate surface area is 56.9 Å². The molecule has 0 bridgehead atoms. The van der Waals surface area contributed by atoms with Crippen molar-refractivity contribution < 1.29 is 0 Å². The summed E-state index contributed by atoms with van der Waals surface area (Å²) in [5.41, 5.74) is 6.91. The van der Waals surface area contributed by atoms with Gasteiger partial charge in [0.15, 0.2) is 0 Å². The number of nitrogens with two attached hydrogens (primary N) is 1. The van der Waals surface area contributed by atoms with E-state index in [2.05, 4.69) is 13.0 Å². The minimum Gasteiger partial charge on any atom is -0.330 e. The molecule has 1 nitrogen and oxygen atoms in total. The third kappa shape index (κ3) is 2.19. The molecule has 0 spiro atoms. The predicted molar refractivity (Wildman–Crippen MR) is 40.2 cm³/mol. The van der Waals surface area contributed by atoms with E-state index < -0.39 is 0 Å². The van der Waals surface area contributed by atoms with Gasteiger partial charge in [-0.2, -0.15) is 0 Å². The molecule has 52 valence electrons. The molecule has 0 aliphatic heterocycles. The first-order valence-electron chi connectivity index (χ1n) is 3.71. The molecule has 1 heteroatoms. The van der Waals surface area contributed by atoms with Gasteiger partial charge in [-0.05, 0) is 38.6 Å². The Bertz CT molecular complexity index is 112. The van der Waals surface area contributed by atoms with E-state index in [1.54, 1.807) is 5.57 Å². The van der Waals surface area contributed by atoms with Crippen molar-refractivity contribution >= 4 is 0 Å².